The number of carbonyl (C=O) groups excluding carboxylic acids is 2. The number of benzene rings is 1. The Morgan fingerprint density at radius 1 is 0.973 bits per heavy atom. The van der Waals surface area contributed by atoms with Gasteiger partial charge >= 0.3 is 0 Å². The maximum Gasteiger partial charge on any atom is 0.261 e. The van der Waals surface area contributed by atoms with Crippen molar-refractivity contribution in [2.45, 2.75) is 90.8 Å². The van der Waals surface area contributed by atoms with E-state index in [1.807, 2.05) is 0 Å². The van der Waals surface area contributed by atoms with E-state index in [4.69, 9.17) is 14.3 Å². The summed E-state index contributed by atoms with van der Waals surface area (Å²) in [6, 6.07) is 9.85. The Kier molecular flexibility index (Phi) is 11.9. The largest absolute Gasteiger partial charge is 0.321 e. The molecule has 1 aromatic rings. The van der Waals surface area contributed by atoms with Crippen LogP contribution in [0.1, 0.15) is 93.4 Å². The van der Waals surface area contributed by atoms with E-state index in [-0.39, 0.29) is 17.9 Å². The van der Waals surface area contributed by atoms with Crippen molar-refractivity contribution in [1.29, 1.82) is 5.26 Å². The van der Waals surface area contributed by atoms with Crippen LogP contribution in [0.2, 0.25) is 0 Å². The first kappa shape index (κ1) is 29.7. The lowest BCUT2D eigenvalue weighted by Crippen LogP contribution is -2.39. The topological polar surface area (TPSA) is 86.1 Å². The van der Waals surface area contributed by atoms with Crippen molar-refractivity contribution < 1.29 is 18.6 Å². The average molecular weight is 531 g/mol. The number of carbonyl (C=O) groups is 2. The Labute approximate surface area is 223 Å². The lowest BCUT2D eigenvalue weighted by Gasteiger charge is -2.39. The Bertz CT molecular complexity index is 884. The van der Waals surface area contributed by atoms with Crippen molar-refractivity contribution >= 4 is 20.3 Å². The summed E-state index contributed by atoms with van der Waals surface area (Å²) in [5.41, 5.74) is 1.06. The minimum atomic E-state index is -1.18. The zero-order valence-corrected chi connectivity index (χ0v) is 23.8. The monoisotopic (exact) mass is 530 g/mol. The predicted molar refractivity (Wildman–Crippen MR) is 146 cm³/mol. The predicted octanol–water partition coefficient (Wildman–Crippen LogP) is 5.60. The summed E-state index contributed by atoms with van der Waals surface area (Å²) < 4.78 is 14.8. The van der Waals surface area contributed by atoms with Crippen molar-refractivity contribution in [3.63, 3.8) is 0 Å². The average Bonchev–Trinajstić information content (AvgIpc) is 3.11. The van der Waals surface area contributed by atoms with Gasteiger partial charge < -0.3 is 13.9 Å². The minimum absolute atomic E-state index is 0.158. The number of fused-ring (bicyclic) bond motifs is 1. The molecule has 0 N–H and O–H groups in total. The molecule has 1 unspecified atom stereocenters. The number of amides is 2. The number of hydrogen-bond donors (Lipinski definition) is 0. The van der Waals surface area contributed by atoms with E-state index in [1.165, 1.54) is 4.90 Å². The van der Waals surface area contributed by atoms with Crippen LogP contribution in [0.3, 0.4) is 0 Å². The van der Waals surface area contributed by atoms with E-state index in [0.717, 1.165) is 58.2 Å². The molecule has 2 aliphatic heterocycles. The van der Waals surface area contributed by atoms with Gasteiger partial charge in [0.15, 0.2) is 0 Å². The summed E-state index contributed by atoms with van der Waals surface area (Å²) >= 11 is 0. The normalized spacial score (nSPS) is 17.7. The van der Waals surface area contributed by atoms with Gasteiger partial charge in [-0.25, -0.2) is 4.67 Å². The lowest BCUT2D eigenvalue weighted by atomic mass is 10.1. The van der Waals surface area contributed by atoms with Crippen LogP contribution < -0.4 is 0 Å². The van der Waals surface area contributed by atoms with E-state index >= 15 is 0 Å². The zero-order valence-electron chi connectivity index (χ0n) is 22.9. The summed E-state index contributed by atoms with van der Waals surface area (Å²) in [5, 5.41) is 8.90. The third kappa shape index (κ3) is 8.30. The summed E-state index contributed by atoms with van der Waals surface area (Å²) in [4.78, 5) is 28.8. The number of likely N-dealkylation sites (tertiary alicyclic amines) is 1. The summed E-state index contributed by atoms with van der Waals surface area (Å²) in [7, 11) is -1.18. The molecule has 0 aromatic heterocycles. The van der Waals surface area contributed by atoms with Crippen molar-refractivity contribution in [3.05, 3.63) is 35.4 Å². The molecule has 9 heteroatoms. The Morgan fingerprint density at radius 2 is 1.54 bits per heavy atom. The van der Waals surface area contributed by atoms with Crippen molar-refractivity contribution in [3.8, 4) is 6.07 Å². The molecule has 0 saturated carbocycles. The number of unbranched alkanes of at least 4 members (excludes halogenated alkanes) is 3. The van der Waals surface area contributed by atoms with Crippen LogP contribution in [0.15, 0.2) is 24.3 Å². The maximum absolute atomic E-state index is 12.5. The molecule has 2 heterocycles. The third-order valence-electron chi connectivity index (χ3n) is 6.92. The summed E-state index contributed by atoms with van der Waals surface area (Å²) in [6.45, 7) is 12.7. The quantitative estimate of drug-likeness (QED) is 0.166. The molecular weight excluding hydrogens is 487 g/mol. The molecule has 0 spiro atoms. The number of nitrogens with zero attached hydrogens (tertiary/aromatic N) is 4. The molecule has 0 radical (unpaired) electrons. The smallest absolute Gasteiger partial charge is 0.261 e. The summed E-state index contributed by atoms with van der Waals surface area (Å²) in [6.07, 6.45) is 6.61. The van der Waals surface area contributed by atoms with Crippen LogP contribution in [-0.2, 0) is 9.05 Å². The molecule has 1 aromatic carbocycles. The van der Waals surface area contributed by atoms with Gasteiger partial charge in [0.05, 0.1) is 36.3 Å². The van der Waals surface area contributed by atoms with Crippen LogP contribution in [0, 0.1) is 11.3 Å². The molecule has 204 valence electrons. The molecule has 1 fully saturated rings. The highest BCUT2D eigenvalue weighted by Crippen LogP contribution is 2.48. The highest BCUT2D eigenvalue weighted by Gasteiger charge is 2.34. The molecule has 2 aliphatic rings. The number of imide groups is 1. The van der Waals surface area contributed by atoms with Crippen molar-refractivity contribution in [2.24, 2.45) is 0 Å². The Morgan fingerprint density at radius 3 is 2.08 bits per heavy atom. The van der Waals surface area contributed by atoms with Crippen molar-refractivity contribution in [1.82, 2.24) is 14.5 Å². The molecular formula is C28H43N4O4P. The van der Waals surface area contributed by atoms with Gasteiger partial charge in [0, 0.05) is 31.7 Å². The number of hydrogen-bond acceptors (Lipinski definition) is 7. The second-order valence-electron chi connectivity index (χ2n) is 10.4. The maximum atomic E-state index is 12.5. The van der Waals surface area contributed by atoms with Gasteiger partial charge in [-0.3, -0.25) is 14.5 Å². The standard InChI is InChI=1S/C28H43N4O4P/c1-22(2)32(23(3)4)37(35-21-11-16-29)36-24-14-19-30(20-15-24)17-9-5-6-10-18-31-27(33)25-12-7-8-13-26(25)28(31)34/h7-8,12-13,22-24H,5-6,9-11,14-15,17-21H2,1-4H3. The molecule has 37 heavy (non-hydrogen) atoms. The molecule has 1 atom stereocenters. The molecule has 3 rings (SSSR count). The van der Waals surface area contributed by atoms with Gasteiger partial charge in [-0.2, -0.15) is 5.26 Å². The Hall–Kier alpha value is -1.88. The van der Waals surface area contributed by atoms with Crippen LogP contribution in [0.25, 0.3) is 0 Å². The number of rotatable bonds is 15. The van der Waals surface area contributed by atoms with Crippen LogP contribution >= 0.6 is 8.53 Å². The third-order valence-corrected chi connectivity index (χ3v) is 9.10. The molecule has 2 amide bonds. The van der Waals surface area contributed by atoms with Gasteiger partial charge in [0.2, 0.25) is 0 Å². The van der Waals surface area contributed by atoms with Gasteiger partial charge in [0.25, 0.3) is 20.3 Å². The second kappa shape index (κ2) is 14.9. The molecule has 0 aliphatic carbocycles. The fraction of sp³-hybridized carbons (Fsp3) is 0.679. The van der Waals surface area contributed by atoms with E-state index in [1.54, 1.807) is 24.3 Å². The highest BCUT2D eigenvalue weighted by atomic mass is 31.2. The van der Waals surface area contributed by atoms with Crippen LogP contribution in [0.4, 0.5) is 0 Å². The van der Waals surface area contributed by atoms with Gasteiger partial charge in [-0.15, -0.1) is 0 Å². The Balaban J connectivity index is 1.32. The molecule has 1 saturated heterocycles. The SMILES string of the molecule is CC(C)N(C(C)C)P(OCCC#N)OC1CCN(CCCCCCN2C(=O)c3ccccc3C2=O)CC1. The minimum Gasteiger partial charge on any atom is -0.321 e. The fourth-order valence-electron chi connectivity index (χ4n) is 5.06. The number of piperidine rings is 1. The van der Waals surface area contributed by atoms with E-state index < -0.39 is 8.53 Å². The first-order valence-corrected chi connectivity index (χ1v) is 14.9. The van der Waals surface area contributed by atoms with E-state index in [9.17, 15) is 9.59 Å². The van der Waals surface area contributed by atoms with E-state index in [2.05, 4.69) is 43.3 Å². The van der Waals surface area contributed by atoms with Gasteiger partial charge in [-0.05, 0) is 72.1 Å². The number of nitriles is 1. The van der Waals surface area contributed by atoms with Gasteiger partial charge in [-0.1, -0.05) is 25.0 Å². The van der Waals surface area contributed by atoms with Crippen molar-refractivity contribution in [2.75, 3.05) is 32.8 Å². The second-order valence-corrected chi connectivity index (χ2v) is 11.8. The first-order valence-electron chi connectivity index (χ1n) is 13.8. The molecule has 8 nitrogen and oxygen atoms in total. The zero-order chi connectivity index (χ0) is 26.8. The molecule has 0 bridgehead atoms. The van der Waals surface area contributed by atoms with Crippen LogP contribution in [0.5, 0.6) is 0 Å². The van der Waals surface area contributed by atoms with Gasteiger partial charge in [0.1, 0.15) is 0 Å². The highest BCUT2D eigenvalue weighted by molar-refractivity contribution is 7.44. The summed E-state index contributed by atoms with van der Waals surface area (Å²) in [5.74, 6) is -0.315. The van der Waals surface area contributed by atoms with E-state index in [0.29, 0.717) is 42.8 Å². The van der Waals surface area contributed by atoms with Crippen LogP contribution in [-0.4, -0.2) is 77.3 Å². The first-order chi connectivity index (χ1) is 17.8. The fourth-order valence-corrected chi connectivity index (χ4v) is 6.83. The lowest BCUT2D eigenvalue weighted by molar-refractivity contribution is 0.0649.